The van der Waals surface area contributed by atoms with Gasteiger partial charge in [0, 0.05) is 24.2 Å². The van der Waals surface area contributed by atoms with Crippen LogP contribution in [0.1, 0.15) is 27.9 Å². The zero-order valence-corrected chi connectivity index (χ0v) is 13.1. The number of aryl methyl sites for hydroxylation is 1. The first-order valence-corrected chi connectivity index (χ1v) is 8.00. The molecule has 2 rings (SSSR count). The van der Waals surface area contributed by atoms with Crippen molar-refractivity contribution in [2.75, 3.05) is 13.6 Å². The Balaban J connectivity index is 1.87. The Hall–Kier alpha value is -1.23. The van der Waals surface area contributed by atoms with Gasteiger partial charge in [0.25, 0.3) is 0 Å². The Morgan fingerprint density at radius 2 is 1.95 bits per heavy atom. The highest BCUT2D eigenvalue weighted by molar-refractivity contribution is 7.11. The molecule has 3 nitrogen and oxygen atoms in total. The van der Waals surface area contributed by atoms with Gasteiger partial charge in [0.05, 0.1) is 0 Å². The van der Waals surface area contributed by atoms with Gasteiger partial charge in [0.1, 0.15) is 5.01 Å². The van der Waals surface area contributed by atoms with Crippen LogP contribution in [0.5, 0.6) is 0 Å². The third kappa shape index (κ3) is 4.40. The Morgan fingerprint density at radius 3 is 2.65 bits per heavy atom. The Labute approximate surface area is 125 Å². The van der Waals surface area contributed by atoms with Gasteiger partial charge in [-0.15, -0.1) is 11.3 Å². The standard InChI is InChI=1S/C16H23N3S/c1-3-15-11-19-16(20-15)12-18-10-14-7-5-4-6-13(14)8-9-17-2/h4-7,11,17-18H,3,8-10,12H2,1-2H3. The first kappa shape index (κ1) is 15.2. The smallest absolute Gasteiger partial charge is 0.107 e. The van der Waals surface area contributed by atoms with Crippen molar-refractivity contribution in [3.63, 3.8) is 0 Å². The minimum Gasteiger partial charge on any atom is -0.319 e. The highest BCUT2D eigenvalue weighted by atomic mass is 32.1. The molecule has 108 valence electrons. The molecule has 2 N–H and O–H groups in total. The SMILES string of the molecule is CCc1cnc(CNCc2ccccc2CCNC)s1. The summed E-state index contributed by atoms with van der Waals surface area (Å²) in [7, 11) is 1.99. The quantitative estimate of drug-likeness (QED) is 0.784. The summed E-state index contributed by atoms with van der Waals surface area (Å²) < 4.78 is 0. The lowest BCUT2D eigenvalue weighted by atomic mass is 10.0. The van der Waals surface area contributed by atoms with E-state index in [1.807, 2.05) is 13.2 Å². The largest absolute Gasteiger partial charge is 0.319 e. The van der Waals surface area contributed by atoms with Crippen LogP contribution in [0.15, 0.2) is 30.5 Å². The molecule has 0 unspecified atom stereocenters. The molecule has 0 fully saturated rings. The van der Waals surface area contributed by atoms with Crippen molar-refractivity contribution in [2.24, 2.45) is 0 Å². The fourth-order valence-corrected chi connectivity index (χ4v) is 2.96. The van der Waals surface area contributed by atoms with Crippen molar-refractivity contribution in [3.8, 4) is 0 Å². The number of nitrogens with one attached hydrogen (secondary N) is 2. The molecule has 0 atom stereocenters. The van der Waals surface area contributed by atoms with Crippen LogP contribution in [0.3, 0.4) is 0 Å². The molecule has 0 bridgehead atoms. The maximum atomic E-state index is 4.44. The van der Waals surface area contributed by atoms with Crippen molar-refractivity contribution in [3.05, 3.63) is 51.5 Å². The zero-order valence-electron chi connectivity index (χ0n) is 12.3. The summed E-state index contributed by atoms with van der Waals surface area (Å²) in [6, 6.07) is 8.64. The van der Waals surface area contributed by atoms with Crippen LogP contribution in [0.25, 0.3) is 0 Å². The summed E-state index contributed by atoms with van der Waals surface area (Å²) in [4.78, 5) is 5.79. The number of benzene rings is 1. The molecule has 20 heavy (non-hydrogen) atoms. The normalized spacial score (nSPS) is 10.9. The molecule has 0 spiro atoms. The molecule has 0 amide bonds. The molecular weight excluding hydrogens is 266 g/mol. The van der Waals surface area contributed by atoms with Crippen molar-refractivity contribution >= 4 is 11.3 Å². The van der Waals surface area contributed by atoms with Gasteiger partial charge < -0.3 is 10.6 Å². The predicted molar refractivity (Wildman–Crippen MR) is 86.1 cm³/mol. The molecule has 0 aliphatic heterocycles. The molecule has 0 saturated heterocycles. The molecule has 0 radical (unpaired) electrons. The van der Waals surface area contributed by atoms with Crippen molar-refractivity contribution in [1.82, 2.24) is 15.6 Å². The first-order valence-electron chi connectivity index (χ1n) is 7.19. The number of thiazole rings is 1. The highest BCUT2D eigenvalue weighted by Crippen LogP contribution is 2.14. The molecule has 1 heterocycles. The molecule has 4 heteroatoms. The first-order chi connectivity index (χ1) is 9.83. The van der Waals surface area contributed by atoms with E-state index in [-0.39, 0.29) is 0 Å². The maximum Gasteiger partial charge on any atom is 0.107 e. The van der Waals surface area contributed by atoms with Crippen LogP contribution in [0.2, 0.25) is 0 Å². The molecule has 0 saturated carbocycles. The summed E-state index contributed by atoms with van der Waals surface area (Å²) in [5.74, 6) is 0. The van der Waals surface area contributed by atoms with E-state index in [2.05, 4.69) is 46.8 Å². The minimum atomic E-state index is 0.852. The minimum absolute atomic E-state index is 0.852. The maximum absolute atomic E-state index is 4.44. The number of aromatic nitrogens is 1. The van der Waals surface area contributed by atoms with E-state index >= 15 is 0 Å². The van der Waals surface area contributed by atoms with E-state index in [1.165, 1.54) is 21.0 Å². The fourth-order valence-electron chi connectivity index (χ4n) is 2.13. The van der Waals surface area contributed by atoms with Crippen LogP contribution < -0.4 is 10.6 Å². The van der Waals surface area contributed by atoms with Crippen molar-refractivity contribution < 1.29 is 0 Å². The van der Waals surface area contributed by atoms with E-state index in [0.29, 0.717) is 0 Å². The number of hydrogen-bond acceptors (Lipinski definition) is 4. The molecule has 1 aromatic carbocycles. The summed E-state index contributed by atoms with van der Waals surface area (Å²) in [5.41, 5.74) is 2.80. The number of rotatable bonds is 8. The zero-order chi connectivity index (χ0) is 14.2. The molecule has 1 aromatic heterocycles. The third-order valence-corrected chi connectivity index (χ3v) is 4.45. The van der Waals surface area contributed by atoms with Crippen LogP contribution in [-0.2, 0) is 25.9 Å². The van der Waals surface area contributed by atoms with Gasteiger partial charge in [-0.25, -0.2) is 4.98 Å². The molecule has 0 aliphatic carbocycles. The third-order valence-electron chi connectivity index (χ3n) is 3.30. The van der Waals surface area contributed by atoms with Crippen molar-refractivity contribution in [2.45, 2.75) is 32.9 Å². The lowest BCUT2D eigenvalue weighted by Crippen LogP contribution is -2.16. The van der Waals surface area contributed by atoms with Gasteiger partial charge in [-0.2, -0.15) is 0 Å². The molecule has 2 aromatic rings. The van der Waals surface area contributed by atoms with Crippen LogP contribution in [0.4, 0.5) is 0 Å². The Morgan fingerprint density at radius 1 is 1.15 bits per heavy atom. The number of likely N-dealkylation sites (N-methyl/N-ethyl adjacent to an activating group) is 1. The predicted octanol–water partition coefficient (Wildman–Crippen LogP) is 2.76. The average molecular weight is 289 g/mol. The Kier molecular flexibility index (Phi) is 6.18. The summed E-state index contributed by atoms with van der Waals surface area (Å²) >= 11 is 1.80. The number of nitrogens with zero attached hydrogens (tertiary/aromatic N) is 1. The van der Waals surface area contributed by atoms with Crippen LogP contribution in [0, 0.1) is 0 Å². The fraction of sp³-hybridized carbons (Fsp3) is 0.438. The summed E-state index contributed by atoms with van der Waals surface area (Å²) in [6.07, 6.45) is 4.14. The summed E-state index contributed by atoms with van der Waals surface area (Å²) in [6.45, 7) is 4.94. The second-order valence-corrected chi connectivity index (χ2v) is 6.00. The lowest BCUT2D eigenvalue weighted by Gasteiger charge is -2.09. The van der Waals surface area contributed by atoms with E-state index in [9.17, 15) is 0 Å². The molecular formula is C16H23N3S. The van der Waals surface area contributed by atoms with Gasteiger partial charge >= 0.3 is 0 Å². The van der Waals surface area contributed by atoms with Gasteiger partial charge in [-0.05, 0) is 37.6 Å². The van der Waals surface area contributed by atoms with Gasteiger partial charge in [-0.1, -0.05) is 31.2 Å². The monoisotopic (exact) mass is 289 g/mol. The van der Waals surface area contributed by atoms with E-state index in [4.69, 9.17) is 0 Å². The van der Waals surface area contributed by atoms with Crippen LogP contribution in [-0.4, -0.2) is 18.6 Å². The van der Waals surface area contributed by atoms with E-state index in [0.717, 1.165) is 32.5 Å². The summed E-state index contributed by atoms with van der Waals surface area (Å²) in [5, 5.41) is 7.88. The lowest BCUT2D eigenvalue weighted by molar-refractivity contribution is 0.680. The average Bonchev–Trinajstić information content (AvgIpc) is 2.94. The Bertz CT molecular complexity index is 522. The van der Waals surface area contributed by atoms with Gasteiger partial charge in [0.2, 0.25) is 0 Å². The van der Waals surface area contributed by atoms with E-state index < -0.39 is 0 Å². The number of hydrogen-bond donors (Lipinski definition) is 2. The molecule has 0 aliphatic rings. The highest BCUT2D eigenvalue weighted by Gasteiger charge is 2.03. The van der Waals surface area contributed by atoms with Gasteiger partial charge in [-0.3, -0.25) is 0 Å². The second-order valence-electron chi connectivity index (χ2n) is 4.80. The van der Waals surface area contributed by atoms with E-state index in [1.54, 1.807) is 11.3 Å². The second kappa shape index (κ2) is 8.15. The van der Waals surface area contributed by atoms with Crippen molar-refractivity contribution in [1.29, 1.82) is 0 Å². The topological polar surface area (TPSA) is 37.0 Å². The van der Waals surface area contributed by atoms with Gasteiger partial charge in [0.15, 0.2) is 0 Å². The van der Waals surface area contributed by atoms with Crippen LogP contribution >= 0.6 is 11.3 Å².